The van der Waals surface area contributed by atoms with E-state index in [9.17, 15) is 0 Å². The van der Waals surface area contributed by atoms with Crippen molar-refractivity contribution in [2.24, 2.45) is 0 Å². The summed E-state index contributed by atoms with van der Waals surface area (Å²) in [6.45, 7) is 13.2. The summed E-state index contributed by atoms with van der Waals surface area (Å²) < 4.78 is 2.30. The van der Waals surface area contributed by atoms with Gasteiger partial charge in [-0.1, -0.05) is 63.8 Å². The van der Waals surface area contributed by atoms with E-state index in [-0.39, 0.29) is 22.3 Å². The Kier molecular flexibility index (Phi) is 13.9. The molecule has 0 atom stereocenters. The highest BCUT2D eigenvalue weighted by molar-refractivity contribution is 7.99. The summed E-state index contributed by atoms with van der Waals surface area (Å²) in [4.78, 5) is 15.8. The number of anilines is 1. The maximum absolute atomic E-state index is 6.16. The van der Waals surface area contributed by atoms with Gasteiger partial charge in [0, 0.05) is 82.6 Å². The van der Waals surface area contributed by atoms with Crippen molar-refractivity contribution < 1.29 is 0 Å². The average Bonchev–Trinajstić information content (AvgIpc) is 3.23. The summed E-state index contributed by atoms with van der Waals surface area (Å²) in [6, 6.07) is 19.5. The van der Waals surface area contributed by atoms with Crippen LogP contribution in [0.2, 0.25) is 5.02 Å². The lowest BCUT2D eigenvalue weighted by Gasteiger charge is -2.36. The molecule has 5 nitrogen and oxygen atoms in total. The summed E-state index contributed by atoms with van der Waals surface area (Å²) in [7, 11) is 0. The van der Waals surface area contributed by atoms with E-state index in [0.29, 0.717) is 12.1 Å². The number of hydrogen-bond donors (Lipinski definition) is 0. The topological polar surface area (TPSA) is 37.2 Å². The molecule has 0 radical (unpaired) electrons. The highest BCUT2D eigenvalue weighted by Crippen LogP contribution is 2.37. The molecule has 5 rings (SSSR count). The molecule has 1 aliphatic rings. The van der Waals surface area contributed by atoms with E-state index in [0.717, 1.165) is 37.1 Å². The Hall–Kier alpha value is -2.54. The van der Waals surface area contributed by atoms with Crippen LogP contribution in [0.25, 0.3) is 10.9 Å². The normalized spacial score (nSPS) is 13.3. The Labute approximate surface area is 240 Å². The van der Waals surface area contributed by atoms with Crippen LogP contribution in [-0.2, 0) is 0 Å². The molecule has 0 saturated carbocycles. The number of nitrogens with zero attached hydrogens (tertiary/aromatic N) is 5. The summed E-state index contributed by atoms with van der Waals surface area (Å²) >= 11 is 7.95. The van der Waals surface area contributed by atoms with Gasteiger partial charge in [0.15, 0.2) is 0 Å². The molecule has 0 N–H and O–H groups in total. The third kappa shape index (κ3) is 8.48. The smallest absolute Gasteiger partial charge is 0.225 e. The molecular formula is C31H46ClN5S. The number of halogens is 1. The third-order valence-corrected chi connectivity index (χ3v) is 7.45. The minimum atomic E-state index is 0. The highest BCUT2D eigenvalue weighted by atomic mass is 35.5. The molecule has 2 aromatic heterocycles. The minimum Gasteiger partial charge on any atom is -0.344 e. The number of aromatic nitrogens is 3. The number of rotatable bonds is 5. The predicted molar refractivity (Wildman–Crippen MR) is 169 cm³/mol. The van der Waals surface area contributed by atoms with Crippen LogP contribution in [0.1, 0.15) is 56.0 Å². The van der Waals surface area contributed by atoms with E-state index < -0.39 is 0 Å². The Bertz CT molecular complexity index is 1200. The first-order chi connectivity index (χ1) is 16.9. The van der Waals surface area contributed by atoms with Gasteiger partial charge in [-0.2, -0.15) is 0 Å². The molecule has 208 valence electrons. The van der Waals surface area contributed by atoms with Gasteiger partial charge in [0.1, 0.15) is 0 Å². The maximum Gasteiger partial charge on any atom is 0.225 e. The van der Waals surface area contributed by atoms with Crippen LogP contribution in [0.4, 0.5) is 5.95 Å². The Morgan fingerprint density at radius 3 is 2.00 bits per heavy atom. The molecule has 0 aliphatic carbocycles. The van der Waals surface area contributed by atoms with Crippen LogP contribution in [0.15, 0.2) is 83.0 Å². The number of hydrogen-bond acceptors (Lipinski definition) is 5. The van der Waals surface area contributed by atoms with Crippen molar-refractivity contribution >= 4 is 40.2 Å². The third-order valence-electron chi connectivity index (χ3n) is 6.17. The Morgan fingerprint density at radius 2 is 1.42 bits per heavy atom. The summed E-state index contributed by atoms with van der Waals surface area (Å²) in [5.74, 6) is 0.862. The van der Waals surface area contributed by atoms with Crippen LogP contribution < -0.4 is 4.90 Å². The average molecular weight is 556 g/mol. The van der Waals surface area contributed by atoms with Crippen molar-refractivity contribution in [1.29, 1.82) is 0 Å². The summed E-state index contributed by atoms with van der Waals surface area (Å²) in [5.41, 5.74) is 1.24. The summed E-state index contributed by atoms with van der Waals surface area (Å²) in [6.07, 6.45) is 5.83. The van der Waals surface area contributed by atoms with Gasteiger partial charge in [0.2, 0.25) is 5.95 Å². The molecule has 0 spiro atoms. The van der Waals surface area contributed by atoms with Crippen molar-refractivity contribution in [3.8, 4) is 0 Å². The zero-order valence-corrected chi connectivity index (χ0v) is 22.5. The standard InChI is InChI=1S/C17H16ClNS.C11H18N4.3CH4/c1-12(2)19-11-17(20-14-6-4-3-5-7-14)15-10-13(18)8-9-16(15)19;1-10(2)14-6-8-15(9-7-14)11-12-4-3-5-13-11;;;/h3-12H,1-2H3;3-5,10H,6-9H2,1-2H3;3*1H4. The van der Waals surface area contributed by atoms with E-state index in [2.05, 4.69) is 94.6 Å². The van der Waals surface area contributed by atoms with Gasteiger partial charge in [0.25, 0.3) is 0 Å². The van der Waals surface area contributed by atoms with Gasteiger partial charge in [-0.25, -0.2) is 9.97 Å². The zero-order valence-electron chi connectivity index (χ0n) is 20.9. The molecule has 0 bridgehead atoms. The Balaban J connectivity index is 0.000000364. The highest BCUT2D eigenvalue weighted by Gasteiger charge is 2.20. The van der Waals surface area contributed by atoms with Crippen LogP contribution in [0, 0.1) is 0 Å². The minimum absolute atomic E-state index is 0. The quantitative estimate of drug-likeness (QED) is 0.245. The monoisotopic (exact) mass is 555 g/mol. The molecule has 38 heavy (non-hydrogen) atoms. The SMILES string of the molecule is C.C.C.CC(C)N1CCN(c2ncccn2)CC1.CC(C)n1cc(Sc2ccccc2)c2cc(Cl)ccc21. The number of benzene rings is 2. The van der Waals surface area contributed by atoms with Crippen LogP contribution in [0.3, 0.4) is 0 Å². The lowest BCUT2D eigenvalue weighted by atomic mass is 10.2. The molecule has 7 heteroatoms. The van der Waals surface area contributed by atoms with Gasteiger partial charge >= 0.3 is 0 Å². The Morgan fingerprint density at radius 1 is 0.789 bits per heavy atom. The van der Waals surface area contributed by atoms with Gasteiger partial charge in [0.05, 0.1) is 0 Å². The molecule has 0 unspecified atom stereocenters. The molecule has 1 aliphatic heterocycles. The van der Waals surface area contributed by atoms with Crippen molar-refractivity contribution in [3.05, 3.63) is 78.2 Å². The predicted octanol–water partition coefficient (Wildman–Crippen LogP) is 8.94. The van der Waals surface area contributed by atoms with Crippen molar-refractivity contribution in [2.75, 3.05) is 31.1 Å². The fourth-order valence-electron chi connectivity index (χ4n) is 4.21. The van der Waals surface area contributed by atoms with Gasteiger partial charge < -0.3 is 9.47 Å². The molecule has 0 amide bonds. The second kappa shape index (κ2) is 15.8. The molecule has 3 heterocycles. The van der Waals surface area contributed by atoms with E-state index in [1.54, 1.807) is 24.2 Å². The van der Waals surface area contributed by atoms with E-state index >= 15 is 0 Å². The lowest BCUT2D eigenvalue weighted by molar-refractivity contribution is 0.208. The van der Waals surface area contributed by atoms with Crippen molar-refractivity contribution in [1.82, 2.24) is 19.4 Å². The maximum atomic E-state index is 6.16. The molecule has 4 aromatic rings. The van der Waals surface area contributed by atoms with Gasteiger partial charge in [-0.05, 0) is 64.1 Å². The lowest BCUT2D eigenvalue weighted by Crippen LogP contribution is -2.49. The van der Waals surface area contributed by atoms with E-state index in [1.807, 2.05) is 18.2 Å². The number of fused-ring (bicyclic) bond motifs is 1. The van der Waals surface area contributed by atoms with Crippen molar-refractivity contribution in [2.45, 2.75) is 71.8 Å². The second-order valence-electron chi connectivity index (χ2n) is 9.24. The second-order valence-corrected chi connectivity index (χ2v) is 10.8. The first kappa shape index (κ1) is 33.5. The summed E-state index contributed by atoms with van der Waals surface area (Å²) in [5, 5.41) is 2.01. The molecular weight excluding hydrogens is 510 g/mol. The van der Waals surface area contributed by atoms with Crippen molar-refractivity contribution in [3.63, 3.8) is 0 Å². The van der Waals surface area contributed by atoms with Gasteiger partial charge in [-0.15, -0.1) is 0 Å². The van der Waals surface area contributed by atoms with E-state index in [4.69, 9.17) is 11.6 Å². The van der Waals surface area contributed by atoms with Crippen LogP contribution in [-0.4, -0.2) is 51.7 Å². The molecule has 1 fully saturated rings. The fraction of sp³-hybridized carbons (Fsp3) is 0.419. The first-order valence-corrected chi connectivity index (χ1v) is 13.4. The van der Waals surface area contributed by atoms with Gasteiger partial charge in [-0.3, -0.25) is 4.90 Å². The number of piperazine rings is 1. The van der Waals surface area contributed by atoms with E-state index in [1.165, 1.54) is 20.7 Å². The van der Waals surface area contributed by atoms with Crippen LogP contribution in [0.5, 0.6) is 0 Å². The molecule has 1 saturated heterocycles. The van der Waals surface area contributed by atoms with Crippen LogP contribution >= 0.6 is 23.4 Å². The first-order valence-electron chi connectivity index (χ1n) is 12.2. The largest absolute Gasteiger partial charge is 0.344 e. The molecule has 2 aromatic carbocycles. The fourth-order valence-corrected chi connectivity index (χ4v) is 5.37. The zero-order chi connectivity index (χ0) is 24.8.